The first-order chi connectivity index (χ1) is 8.24. The van der Waals surface area contributed by atoms with Gasteiger partial charge in [-0.25, -0.2) is 9.82 Å². The highest BCUT2D eigenvalue weighted by atomic mass is 79.9. The Morgan fingerprint density at radius 2 is 1.94 bits per heavy atom. The molecule has 88 valence electrons. The molecule has 0 aliphatic carbocycles. The Hall–Kier alpha value is -1.30. The van der Waals surface area contributed by atoms with E-state index in [1.54, 1.807) is 42.7 Å². The van der Waals surface area contributed by atoms with Crippen LogP contribution in [0.3, 0.4) is 0 Å². The molecule has 0 amide bonds. The van der Waals surface area contributed by atoms with Gasteiger partial charge in [-0.3, -0.25) is 10.8 Å². The number of pyridine rings is 1. The van der Waals surface area contributed by atoms with Crippen molar-refractivity contribution in [2.75, 3.05) is 0 Å². The fourth-order valence-corrected chi connectivity index (χ4v) is 2.05. The lowest BCUT2D eigenvalue weighted by Gasteiger charge is -2.17. The number of hydrogen-bond donors (Lipinski definition) is 2. The molecule has 2 rings (SSSR count). The second-order valence-electron chi connectivity index (χ2n) is 3.52. The van der Waals surface area contributed by atoms with Crippen molar-refractivity contribution >= 4 is 15.9 Å². The first-order valence-corrected chi connectivity index (χ1v) is 5.83. The normalized spacial score (nSPS) is 12.4. The molecule has 0 bridgehead atoms. The highest BCUT2D eigenvalue weighted by Gasteiger charge is 2.17. The minimum absolute atomic E-state index is 0.313. The summed E-state index contributed by atoms with van der Waals surface area (Å²) in [6, 6.07) is 8.32. The molecule has 17 heavy (non-hydrogen) atoms. The summed E-state index contributed by atoms with van der Waals surface area (Å²) in [5.74, 6) is 5.19. The maximum absolute atomic E-state index is 14.0. The van der Waals surface area contributed by atoms with Crippen LogP contribution in [0.15, 0.2) is 47.2 Å². The van der Waals surface area contributed by atoms with Crippen LogP contribution in [0.4, 0.5) is 4.39 Å². The van der Waals surface area contributed by atoms with E-state index in [1.165, 1.54) is 0 Å². The molecule has 0 aliphatic rings. The third-order valence-corrected chi connectivity index (χ3v) is 3.11. The zero-order valence-corrected chi connectivity index (χ0v) is 10.5. The molecule has 5 heteroatoms. The van der Waals surface area contributed by atoms with Crippen LogP contribution >= 0.6 is 15.9 Å². The summed E-state index contributed by atoms with van der Waals surface area (Å²) < 4.78 is 14.4. The Balaban J connectivity index is 2.46. The molecular weight excluding hydrogens is 285 g/mol. The number of hydrazine groups is 1. The SMILES string of the molecule is NNC(c1ccncc1)c1cccc(Br)c1F. The quantitative estimate of drug-likeness (QED) is 0.676. The van der Waals surface area contributed by atoms with Crippen LogP contribution in [0.25, 0.3) is 0 Å². The molecule has 3 N–H and O–H groups in total. The summed E-state index contributed by atoms with van der Waals surface area (Å²) in [7, 11) is 0. The molecule has 3 nitrogen and oxygen atoms in total. The van der Waals surface area contributed by atoms with E-state index in [9.17, 15) is 4.39 Å². The Labute approximate surface area is 107 Å². The number of nitrogens with two attached hydrogens (primary N) is 1. The largest absolute Gasteiger partial charge is 0.271 e. The van der Waals surface area contributed by atoms with Gasteiger partial charge in [0.25, 0.3) is 0 Å². The molecule has 0 radical (unpaired) electrons. The number of benzene rings is 1. The van der Waals surface area contributed by atoms with Gasteiger partial charge in [0.05, 0.1) is 10.5 Å². The van der Waals surface area contributed by atoms with Gasteiger partial charge in [0.2, 0.25) is 0 Å². The zero-order chi connectivity index (χ0) is 12.3. The van der Waals surface area contributed by atoms with Gasteiger partial charge < -0.3 is 0 Å². The first kappa shape index (κ1) is 12.2. The van der Waals surface area contributed by atoms with Crippen molar-refractivity contribution in [1.82, 2.24) is 10.4 Å². The van der Waals surface area contributed by atoms with E-state index in [0.29, 0.717) is 10.0 Å². The Bertz CT molecular complexity index is 504. The highest BCUT2D eigenvalue weighted by Crippen LogP contribution is 2.27. The summed E-state index contributed by atoms with van der Waals surface area (Å²) in [6.45, 7) is 0. The topological polar surface area (TPSA) is 50.9 Å². The van der Waals surface area contributed by atoms with Gasteiger partial charge >= 0.3 is 0 Å². The van der Waals surface area contributed by atoms with Crippen LogP contribution in [0.2, 0.25) is 0 Å². The third-order valence-electron chi connectivity index (χ3n) is 2.50. The summed E-state index contributed by atoms with van der Waals surface area (Å²) in [5, 5.41) is 0. The summed E-state index contributed by atoms with van der Waals surface area (Å²) >= 11 is 3.16. The van der Waals surface area contributed by atoms with E-state index in [2.05, 4.69) is 26.3 Å². The van der Waals surface area contributed by atoms with Gasteiger partial charge in [-0.15, -0.1) is 0 Å². The molecule has 0 spiro atoms. The lowest BCUT2D eigenvalue weighted by atomic mass is 10.00. The Kier molecular flexibility index (Phi) is 3.83. The van der Waals surface area contributed by atoms with E-state index >= 15 is 0 Å². The lowest BCUT2D eigenvalue weighted by Crippen LogP contribution is -2.29. The van der Waals surface area contributed by atoms with Gasteiger partial charge in [0.1, 0.15) is 5.82 Å². The van der Waals surface area contributed by atoms with Gasteiger partial charge in [0.15, 0.2) is 0 Å². The Morgan fingerprint density at radius 3 is 2.59 bits per heavy atom. The van der Waals surface area contributed by atoms with Crippen molar-refractivity contribution in [1.29, 1.82) is 0 Å². The molecule has 1 aromatic carbocycles. The van der Waals surface area contributed by atoms with Crippen molar-refractivity contribution in [3.8, 4) is 0 Å². The van der Waals surface area contributed by atoms with Gasteiger partial charge in [-0.1, -0.05) is 12.1 Å². The fourth-order valence-electron chi connectivity index (χ4n) is 1.66. The summed E-state index contributed by atoms with van der Waals surface area (Å²) in [4.78, 5) is 3.92. The van der Waals surface area contributed by atoms with Crippen molar-refractivity contribution < 1.29 is 4.39 Å². The lowest BCUT2D eigenvalue weighted by molar-refractivity contribution is 0.555. The second-order valence-corrected chi connectivity index (χ2v) is 4.38. The van der Waals surface area contributed by atoms with E-state index in [4.69, 9.17) is 5.84 Å². The monoisotopic (exact) mass is 295 g/mol. The summed E-state index contributed by atoms with van der Waals surface area (Å²) in [6.07, 6.45) is 3.30. The molecule has 2 aromatic rings. The standard InChI is InChI=1S/C12H11BrFN3/c13-10-3-1-2-9(11(10)14)12(17-15)8-4-6-16-7-5-8/h1-7,12,17H,15H2. The average Bonchev–Trinajstić information content (AvgIpc) is 2.37. The van der Waals surface area contributed by atoms with Crippen LogP contribution in [-0.4, -0.2) is 4.98 Å². The van der Waals surface area contributed by atoms with Crippen molar-refractivity contribution in [2.24, 2.45) is 5.84 Å². The average molecular weight is 296 g/mol. The van der Waals surface area contributed by atoms with Crippen LogP contribution < -0.4 is 11.3 Å². The molecule has 0 fully saturated rings. The smallest absolute Gasteiger partial charge is 0.142 e. The van der Waals surface area contributed by atoms with Crippen LogP contribution in [-0.2, 0) is 0 Å². The van der Waals surface area contributed by atoms with E-state index in [-0.39, 0.29) is 5.82 Å². The molecule has 0 saturated carbocycles. The molecule has 1 heterocycles. The molecule has 0 aliphatic heterocycles. The van der Waals surface area contributed by atoms with Crippen molar-refractivity contribution in [3.05, 3.63) is 64.1 Å². The molecule has 1 atom stereocenters. The predicted molar refractivity (Wildman–Crippen MR) is 67.5 cm³/mol. The highest BCUT2D eigenvalue weighted by molar-refractivity contribution is 9.10. The number of halogens is 2. The molecule has 1 unspecified atom stereocenters. The Morgan fingerprint density at radius 1 is 1.24 bits per heavy atom. The number of rotatable bonds is 3. The number of nitrogens with zero attached hydrogens (tertiary/aromatic N) is 1. The maximum atomic E-state index is 14.0. The van der Waals surface area contributed by atoms with Gasteiger partial charge in [0, 0.05) is 18.0 Å². The van der Waals surface area contributed by atoms with E-state index in [1.807, 2.05) is 0 Å². The molecular formula is C12H11BrFN3. The van der Waals surface area contributed by atoms with E-state index < -0.39 is 6.04 Å². The predicted octanol–water partition coefficient (Wildman–Crippen LogP) is 2.54. The van der Waals surface area contributed by atoms with Crippen molar-refractivity contribution in [2.45, 2.75) is 6.04 Å². The fraction of sp³-hybridized carbons (Fsp3) is 0.0833. The van der Waals surface area contributed by atoms with Gasteiger partial charge in [-0.2, -0.15) is 0 Å². The van der Waals surface area contributed by atoms with Crippen LogP contribution in [0.5, 0.6) is 0 Å². The van der Waals surface area contributed by atoms with Gasteiger partial charge in [-0.05, 0) is 39.7 Å². The molecule has 1 aromatic heterocycles. The zero-order valence-electron chi connectivity index (χ0n) is 8.90. The second kappa shape index (κ2) is 5.35. The third kappa shape index (κ3) is 2.52. The number of aromatic nitrogens is 1. The van der Waals surface area contributed by atoms with Crippen molar-refractivity contribution in [3.63, 3.8) is 0 Å². The van der Waals surface area contributed by atoms with Crippen LogP contribution in [0, 0.1) is 5.82 Å². The first-order valence-electron chi connectivity index (χ1n) is 5.04. The number of hydrogen-bond acceptors (Lipinski definition) is 3. The summed E-state index contributed by atoms with van der Waals surface area (Å²) in [5.41, 5.74) is 3.97. The molecule has 0 saturated heterocycles. The number of nitrogens with one attached hydrogen (secondary N) is 1. The maximum Gasteiger partial charge on any atom is 0.142 e. The van der Waals surface area contributed by atoms with Crippen LogP contribution in [0.1, 0.15) is 17.2 Å². The minimum atomic E-state index is -0.393. The van der Waals surface area contributed by atoms with E-state index in [0.717, 1.165) is 5.56 Å². The minimum Gasteiger partial charge on any atom is -0.271 e.